The van der Waals surface area contributed by atoms with Crippen LogP contribution in [0.15, 0.2) is 83.5 Å². The average molecular weight is 401 g/mol. The summed E-state index contributed by atoms with van der Waals surface area (Å²) in [5, 5.41) is 0. The third kappa shape index (κ3) is 3.65. The summed E-state index contributed by atoms with van der Waals surface area (Å²) in [7, 11) is 8.50. The normalized spacial score (nSPS) is 20.7. The van der Waals surface area contributed by atoms with Crippen molar-refractivity contribution in [3.8, 4) is 0 Å². The van der Waals surface area contributed by atoms with Crippen LogP contribution in [-0.2, 0) is 5.41 Å². The standard InChI is InChI=1S/C28H36N2/c1-10-12-22(19(3)11-2)27-23-15-13-20(29(6)7)17-25(23)28(4,5)26-18-21(30(8)9)14-16-24(26)27/h10-18,20H,1H2,2-9H3/b19-11-,22-12+. The van der Waals surface area contributed by atoms with Crippen LogP contribution in [0.1, 0.15) is 38.8 Å². The quantitative estimate of drug-likeness (QED) is 0.535. The molecule has 1 unspecified atom stereocenters. The minimum atomic E-state index is -0.0810. The zero-order valence-corrected chi connectivity index (χ0v) is 19.9. The van der Waals surface area contributed by atoms with Gasteiger partial charge in [0.05, 0.1) is 0 Å². The molecule has 0 radical (unpaired) electrons. The second kappa shape index (κ2) is 8.28. The van der Waals surface area contributed by atoms with Crippen LogP contribution in [0.25, 0.3) is 5.57 Å². The molecule has 0 spiro atoms. The Balaban J connectivity index is 2.42. The van der Waals surface area contributed by atoms with Crippen LogP contribution in [0.2, 0.25) is 0 Å². The van der Waals surface area contributed by atoms with Crippen molar-refractivity contribution in [1.29, 1.82) is 0 Å². The smallest absolute Gasteiger partial charge is 0.0465 e. The third-order valence-electron chi connectivity index (χ3n) is 6.50. The number of nitrogens with zero attached hydrogens (tertiary/aromatic N) is 2. The van der Waals surface area contributed by atoms with Crippen LogP contribution in [0, 0.1) is 0 Å². The molecule has 0 heterocycles. The van der Waals surface area contributed by atoms with Crippen molar-refractivity contribution in [2.45, 2.75) is 39.2 Å². The maximum Gasteiger partial charge on any atom is 0.0465 e. The predicted octanol–water partition coefficient (Wildman–Crippen LogP) is 6.30. The zero-order valence-electron chi connectivity index (χ0n) is 19.9. The topological polar surface area (TPSA) is 6.48 Å². The zero-order chi connectivity index (χ0) is 22.2. The highest BCUT2D eigenvalue weighted by atomic mass is 15.1. The summed E-state index contributed by atoms with van der Waals surface area (Å²) in [4.78, 5) is 4.45. The maximum absolute atomic E-state index is 4.00. The molecule has 0 aromatic heterocycles. The fourth-order valence-corrected chi connectivity index (χ4v) is 4.50. The van der Waals surface area contributed by atoms with E-state index in [1.165, 1.54) is 44.7 Å². The molecular formula is C28H36N2. The van der Waals surface area contributed by atoms with Crippen molar-refractivity contribution >= 4 is 11.3 Å². The van der Waals surface area contributed by atoms with Gasteiger partial charge >= 0.3 is 0 Å². The van der Waals surface area contributed by atoms with Gasteiger partial charge in [-0.15, -0.1) is 0 Å². The van der Waals surface area contributed by atoms with Crippen LogP contribution in [0.3, 0.4) is 0 Å². The van der Waals surface area contributed by atoms with Gasteiger partial charge in [0.25, 0.3) is 0 Å². The lowest BCUT2D eigenvalue weighted by atomic mass is 9.63. The van der Waals surface area contributed by atoms with E-state index in [2.05, 4.69) is 121 Å². The first-order valence-corrected chi connectivity index (χ1v) is 10.7. The van der Waals surface area contributed by atoms with Gasteiger partial charge in [0.2, 0.25) is 0 Å². The van der Waals surface area contributed by atoms with Crippen molar-refractivity contribution in [2.24, 2.45) is 0 Å². The second-order valence-corrected chi connectivity index (χ2v) is 9.22. The molecule has 1 atom stereocenters. The summed E-state index contributed by atoms with van der Waals surface area (Å²) in [6.45, 7) is 13.0. The van der Waals surface area contributed by atoms with Gasteiger partial charge < -0.3 is 4.90 Å². The van der Waals surface area contributed by atoms with Gasteiger partial charge in [0, 0.05) is 31.2 Å². The van der Waals surface area contributed by atoms with E-state index in [0.29, 0.717) is 6.04 Å². The first-order chi connectivity index (χ1) is 14.1. The molecule has 2 aliphatic carbocycles. The van der Waals surface area contributed by atoms with Gasteiger partial charge in [0.1, 0.15) is 0 Å². The highest BCUT2D eigenvalue weighted by Gasteiger charge is 2.39. The molecule has 2 heteroatoms. The van der Waals surface area contributed by atoms with Crippen molar-refractivity contribution < 1.29 is 0 Å². The predicted molar refractivity (Wildman–Crippen MR) is 133 cm³/mol. The van der Waals surface area contributed by atoms with Gasteiger partial charge in [-0.3, -0.25) is 4.90 Å². The molecule has 30 heavy (non-hydrogen) atoms. The molecule has 1 aromatic carbocycles. The van der Waals surface area contributed by atoms with Gasteiger partial charge in [-0.2, -0.15) is 0 Å². The molecule has 2 aliphatic rings. The average Bonchev–Trinajstić information content (AvgIpc) is 2.72. The minimum Gasteiger partial charge on any atom is -0.378 e. The van der Waals surface area contributed by atoms with Gasteiger partial charge in [-0.25, -0.2) is 0 Å². The SMILES string of the molecule is C=C/C=C(C1=C2C=CC(N(C)C)C=C2C(C)(C)c2cc(N(C)C)ccc21)\C(C)=C/C. The summed E-state index contributed by atoms with van der Waals surface area (Å²) >= 11 is 0. The Morgan fingerprint density at radius 2 is 1.83 bits per heavy atom. The van der Waals surface area contributed by atoms with Crippen LogP contribution in [0.5, 0.6) is 0 Å². The first-order valence-electron chi connectivity index (χ1n) is 10.7. The van der Waals surface area contributed by atoms with Crippen LogP contribution >= 0.6 is 0 Å². The third-order valence-corrected chi connectivity index (χ3v) is 6.50. The fourth-order valence-electron chi connectivity index (χ4n) is 4.50. The molecule has 0 saturated heterocycles. The fraction of sp³-hybridized carbons (Fsp3) is 0.357. The van der Waals surface area contributed by atoms with E-state index in [-0.39, 0.29) is 5.41 Å². The highest BCUT2D eigenvalue weighted by Crippen LogP contribution is 2.51. The number of likely N-dealkylation sites (N-methyl/N-ethyl adjacent to an activating group) is 1. The Morgan fingerprint density at radius 1 is 1.13 bits per heavy atom. The Morgan fingerprint density at radius 3 is 2.40 bits per heavy atom. The van der Waals surface area contributed by atoms with Gasteiger partial charge in [-0.1, -0.05) is 62.9 Å². The summed E-state index contributed by atoms with van der Waals surface area (Å²) in [5.74, 6) is 0. The molecule has 0 fully saturated rings. The first kappa shape index (κ1) is 22.1. The van der Waals surface area contributed by atoms with Crippen molar-refractivity contribution in [3.63, 3.8) is 0 Å². The summed E-state index contributed by atoms with van der Waals surface area (Å²) < 4.78 is 0. The lowest BCUT2D eigenvalue weighted by molar-refractivity contribution is 0.386. The molecular weight excluding hydrogens is 364 g/mol. The van der Waals surface area contributed by atoms with Crippen LogP contribution in [0.4, 0.5) is 5.69 Å². The highest BCUT2D eigenvalue weighted by molar-refractivity contribution is 5.95. The van der Waals surface area contributed by atoms with Crippen LogP contribution in [-0.4, -0.2) is 39.1 Å². The number of hydrogen-bond acceptors (Lipinski definition) is 2. The molecule has 0 amide bonds. The summed E-state index contributed by atoms with van der Waals surface area (Å²) in [5.41, 5.74) is 10.4. The number of rotatable bonds is 5. The molecule has 1 aromatic rings. The molecule has 0 bridgehead atoms. The van der Waals surface area contributed by atoms with E-state index in [4.69, 9.17) is 0 Å². The largest absolute Gasteiger partial charge is 0.378 e. The molecule has 158 valence electrons. The molecule has 0 aliphatic heterocycles. The number of benzene rings is 1. The Bertz CT molecular complexity index is 1010. The monoisotopic (exact) mass is 400 g/mol. The van der Waals surface area contributed by atoms with E-state index in [1.807, 2.05) is 6.08 Å². The van der Waals surface area contributed by atoms with Gasteiger partial charge in [0.15, 0.2) is 0 Å². The number of anilines is 1. The van der Waals surface area contributed by atoms with E-state index >= 15 is 0 Å². The van der Waals surface area contributed by atoms with Gasteiger partial charge in [-0.05, 0) is 79.1 Å². The van der Waals surface area contributed by atoms with E-state index in [0.717, 1.165) is 0 Å². The second-order valence-electron chi connectivity index (χ2n) is 9.22. The lowest BCUT2D eigenvalue weighted by Crippen LogP contribution is -2.33. The Hall–Kier alpha value is -2.58. The number of allylic oxidation sites excluding steroid dienone is 9. The maximum atomic E-state index is 4.00. The van der Waals surface area contributed by atoms with Crippen molar-refractivity contribution in [2.75, 3.05) is 33.1 Å². The van der Waals surface area contributed by atoms with E-state index in [1.54, 1.807) is 0 Å². The van der Waals surface area contributed by atoms with Crippen molar-refractivity contribution in [3.05, 3.63) is 94.7 Å². The Labute approximate surface area is 183 Å². The number of hydrogen-bond donors (Lipinski definition) is 0. The molecule has 2 nitrogen and oxygen atoms in total. The van der Waals surface area contributed by atoms with Crippen molar-refractivity contribution in [1.82, 2.24) is 4.90 Å². The summed E-state index contributed by atoms with van der Waals surface area (Å²) in [6.07, 6.45) is 13.3. The van der Waals surface area contributed by atoms with Crippen LogP contribution < -0.4 is 4.90 Å². The lowest BCUT2D eigenvalue weighted by Gasteiger charge is -2.41. The molecule has 3 rings (SSSR count). The van der Waals surface area contributed by atoms with E-state index < -0.39 is 0 Å². The summed E-state index contributed by atoms with van der Waals surface area (Å²) in [6, 6.07) is 7.21. The minimum absolute atomic E-state index is 0.0810. The number of fused-ring (bicyclic) bond motifs is 2. The Kier molecular flexibility index (Phi) is 6.10. The molecule has 0 saturated carbocycles. The van der Waals surface area contributed by atoms with E-state index in [9.17, 15) is 0 Å². The molecule has 0 N–H and O–H groups in total.